The Morgan fingerprint density at radius 1 is 1.03 bits per heavy atom. The van der Waals surface area contributed by atoms with Gasteiger partial charge in [0.25, 0.3) is 0 Å². The van der Waals surface area contributed by atoms with Gasteiger partial charge in [0.2, 0.25) is 12.9 Å². The molecule has 3 saturated heterocycles. The highest BCUT2D eigenvalue weighted by molar-refractivity contribution is 8.15. The summed E-state index contributed by atoms with van der Waals surface area (Å²) in [5.41, 5.74) is -0.264. The summed E-state index contributed by atoms with van der Waals surface area (Å²) in [5, 5.41) is 12.5. The number of rotatable bonds is 22. The number of carbonyl (C=O) groups is 4. The van der Waals surface area contributed by atoms with Crippen LogP contribution in [-0.4, -0.2) is 112 Å². The van der Waals surface area contributed by atoms with Crippen molar-refractivity contribution in [3.8, 4) is 0 Å². The maximum atomic E-state index is 14.1. The first kappa shape index (κ1) is 52.3. The van der Waals surface area contributed by atoms with Crippen molar-refractivity contribution in [3.05, 3.63) is 59.7 Å². The first-order valence-electron chi connectivity index (χ1n) is 24.5. The minimum Gasteiger partial charge on any atom is -0.466 e. The number of ether oxygens (including phenoxy) is 8. The van der Waals surface area contributed by atoms with Crippen LogP contribution < -0.4 is 0 Å². The van der Waals surface area contributed by atoms with E-state index in [9.17, 15) is 24.3 Å². The molecular formula is C50H75BO14S. The van der Waals surface area contributed by atoms with Crippen molar-refractivity contribution in [1.29, 1.82) is 1.34 Å². The van der Waals surface area contributed by atoms with Crippen LogP contribution >= 0.6 is 11.9 Å². The van der Waals surface area contributed by atoms with Crippen LogP contribution in [0.25, 0.3) is 0 Å². The lowest BCUT2D eigenvalue weighted by Crippen LogP contribution is -2.62. The summed E-state index contributed by atoms with van der Waals surface area (Å²) in [5.74, 6) is -3.59. The molecule has 1 aromatic carbocycles. The highest BCUT2D eigenvalue weighted by Gasteiger charge is 2.57. The highest BCUT2D eigenvalue weighted by atomic mass is 32.2. The molecule has 0 aromatic heterocycles. The largest absolute Gasteiger partial charge is 0.466 e. The predicted octanol–water partition coefficient (Wildman–Crippen LogP) is 7.47. The Morgan fingerprint density at radius 2 is 1.79 bits per heavy atom. The minimum absolute atomic E-state index is 0.0183. The van der Waals surface area contributed by atoms with Crippen LogP contribution in [0.5, 0.6) is 0 Å². The third-order valence-electron chi connectivity index (χ3n) is 13.7. The normalized spacial score (nSPS) is 31.8. The van der Waals surface area contributed by atoms with Gasteiger partial charge in [0.05, 0.1) is 63.4 Å². The van der Waals surface area contributed by atoms with Gasteiger partial charge in [-0.05, 0) is 82.3 Å². The first-order chi connectivity index (χ1) is 31.9. The molecule has 368 valence electrons. The smallest absolute Gasteiger partial charge is 0.330 e. The molecule has 3 aliphatic heterocycles. The van der Waals surface area contributed by atoms with Crippen molar-refractivity contribution in [1.82, 2.24) is 0 Å². The van der Waals surface area contributed by atoms with Gasteiger partial charge in [0.15, 0.2) is 11.9 Å². The Hall–Kier alpha value is -3.09. The second-order valence-electron chi connectivity index (χ2n) is 19.6. The fraction of sp³-hybridized carbons (Fsp3) is 0.720. The lowest BCUT2D eigenvalue weighted by atomic mass is 9.72. The van der Waals surface area contributed by atoms with Crippen molar-refractivity contribution >= 4 is 43.2 Å². The van der Waals surface area contributed by atoms with Gasteiger partial charge < -0.3 is 47.2 Å². The zero-order valence-corrected chi connectivity index (χ0v) is 41.1. The van der Waals surface area contributed by atoms with Crippen LogP contribution in [0.1, 0.15) is 131 Å². The molecule has 1 unspecified atom stereocenters. The summed E-state index contributed by atoms with van der Waals surface area (Å²) in [7, 11) is 1.14. The van der Waals surface area contributed by atoms with E-state index in [0.29, 0.717) is 37.1 Å². The second kappa shape index (κ2) is 25.0. The number of hydrogen-bond acceptors (Lipinski definition) is 15. The van der Waals surface area contributed by atoms with Crippen LogP contribution in [0.2, 0.25) is 0 Å². The average molecular weight is 945 g/mol. The van der Waals surface area contributed by atoms with E-state index in [1.54, 1.807) is 20.8 Å². The van der Waals surface area contributed by atoms with E-state index >= 15 is 0 Å². The molecule has 66 heavy (non-hydrogen) atoms. The summed E-state index contributed by atoms with van der Waals surface area (Å²) in [6.07, 6.45) is 7.13. The summed E-state index contributed by atoms with van der Waals surface area (Å²) < 4.78 is 63.6. The Bertz CT molecular complexity index is 1820. The van der Waals surface area contributed by atoms with E-state index < -0.39 is 65.4 Å². The Kier molecular flexibility index (Phi) is 19.8. The van der Waals surface area contributed by atoms with E-state index in [2.05, 4.69) is 20.8 Å². The highest BCUT2D eigenvalue weighted by Crippen LogP contribution is 2.48. The van der Waals surface area contributed by atoms with Crippen LogP contribution in [0.3, 0.4) is 0 Å². The monoisotopic (exact) mass is 945 g/mol. The topological polar surface area (TPSA) is 172 Å². The fourth-order valence-electron chi connectivity index (χ4n) is 10.2. The van der Waals surface area contributed by atoms with Crippen molar-refractivity contribution in [3.63, 3.8) is 0 Å². The molecule has 1 aliphatic carbocycles. The number of benzene rings is 1. The van der Waals surface area contributed by atoms with Gasteiger partial charge in [-0.2, -0.15) is 0 Å². The third-order valence-corrected chi connectivity index (χ3v) is 14.1. The quantitative estimate of drug-likeness (QED) is 0.0303. The molecule has 0 bridgehead atoms. The van der Waals surface area contributed by atoms with E-state index in [0.717, 1.165) is 68.5 Å². The maximum Gasteiger partial charge on any atom is 0.330 e. The van der Waals surface area contributed by atoms with Gasteiger partial charge in [-0.1, -0.05) is 89.3 Å². The van der Waals surface area contributed by atoms with Crippen LogP contribution in [0.4, 0.5) is 0 Å². The van der Waals surface area contributed by atoms with Crippen LogP contribution in [0, 0.1) is 23.2 Å². The van der Waals surface area contributed by atoms with Crippen molar-refractivity contribution in [2.75, 3.05) is 13.7 Å². The molecule has 14 nitrogen and oxygen atoms in total. The molecule has 1 spiro atoms. The van der Waals surface area contributed by atoms with Crippen molar-refractivity contribution < 1.29 is 66.4 Å². The molecular weight excluding hydrogens is 867 g/mol. The van der Waals surface area contributed by atoms with Gasteiger partial charge in [0, 0.05) is 43.6 Å². The number of allylic oxidation sites excluding steroid dienone is 1. The summed E-state index contributed by atoms with van der Waals surface area (Å²) in [6, 6.07) is 9.53. The second-order valence-corrected chi connectivity index (χ2v) is 20.0. The van der Waals surface area contributed by atoms with E-state index in [1.807, 2.05) is 30.3 Å². The maximum absolute atomic E-state index is 14.1. The number of methoxy groups -OCH3 is 1. The Labute approximate surface area is 398 Å². The standard InChI is InChI=1S/C50H75BO14S/c1-32(2)43-19-18-33(3)30-49(43)59-23-20-40(63-49)26-38-16-12-17-39(61-38)27-42(65-66-51)29-46(55)62-44(34(4)58-31-36-14-10-9-11-15-36)28-41-24-37(25-45(54)57-8)47(60-35(5)53)50(56,64-41)48(6,7)21-13-22-52/h9-11,13-15,21-22,25,32-34,38-44,47,56H,12,16-20,23-24,26-31,51H2,1-8H3/b21-13+,37-25+/t33-,34-,38-,39+,40+,41+,42-,43+,44-,47?,49+,50-/m1/s1/i51T. The summed E-state index contributed by atoms with van der Waals surface area (Å²) in [6.45, 7) is 13.8. The minimum atomic E-state index is -2.31. The molecule has 1 aromatic rings. The SMILES string of the molecule is [3H]BSO[C@@H](CC(=O)O[C@H](C[C@@H]1C/C(=C\C(=O)OC)C(OC(C)=O)[C@](O)(C(C)(C)/C=C/C=O)O1)[C@@H](C)OCc1ccccc1)C[C@@H]1CCC[C@H](C[C@@H]2CCO[C@@]3(C[C@H](C)CC[C@H]3C(C)C)O2)O1. The van der Waals surface area contributed by atoms with Gasteiger partial charge >= 0.3 is 17.9 Å². The molecule has 4 aliphatic rings. The molecule has 1 saturated carbocycles. The summed E-state index contributed by atoms with van der Waals surface area (Å²) in [4.78, 5) is 50.8. The van der Waals surface area contributed by atoms with E-state index in [-0.39, 0.29) is 56.8 Å². The van der Waals surface area contributed by atoms with E-state index in [1.165, 1.54) is 32.6 Å². The number of carbonyl (C=O) groups excluding carboxylic acids is 4. The van der Waals surface area contributed by atoms with Gasteiger partial charge in [-0.3, -0.25) is 14.4 Å². The van der Waals surface area contributed by atoms with Crippen molar-refractivity contribution in [2.24, 2.45) is 23.2 Å². The average Bonchev–Trinajstić information content (AvgIpc) is 3.27. The zero-order chi connectivity index (χ0) is 48.8. The number of hydrogen-bond donors (Lipinski definition) is 1. The Morgan fingerprint density at radius 3 is 2.48 bits per heavy atom. The lowest BCUT2D eigenvalue weighted by molar-refractivity contribution is -0.342. The van der Waals surface area contributed by atoms with Gasteiger partial charge in [-0.25, -0.2) is 4.79 Å². The molecule has 3 heterocycles. The molecule has 16 heteroatoms. The number of aldehydes is 1. The van der Waals surface area contributed by atoms with Crippen LogP contribution in [-0.2, 0) is 67.9 Å². The molecule has 4 fully saturated rings. The van der Waals surface area contributed by atoms with Crippen molar-refractivity contribution in [2.45, 2.75) is 193 Å². The van der Waals surface area contributed by atoms with E-state index in [4.69, 9.17) is 43.4 Å². The van der Waals surface area contributed by atoms with Gasteiger partial charge in [-0.15, -0.1) is 0 Å². The van der Waals surface area contributed by atoms with Gasteiger partial charge in [0.1, 0.15) is 12.4 Å². The first-order valence-corrected chi connectivity index (χ1v) is 24.7. The predicted molar refractivity (Wildman–Crippen MR) is 251 cm³/mol. The number of aliphatic hydroxyl groups is 1. The molecule has 1 N–H and O–H groups in total. The third kappa shape index (κ3) is 14.7. The summed E-state index contributed by atoms with van der Waals surface area (Å²) >= 11 is 0.959. The Balaban J connectivity index is 1.32. The fourth-order valence-corrected chi connectivity index (χ4v) is 10.5. The molecule has 0 amide bonds. The lowest BCUT2D eigenvalue weighted by Gasteiger charge is -2.51. The zero-order valence-electron chi connectivity index (χ0n) is 41.3. The molecule has 12 atom stereocenters. The molecule has 0 radical (unpaired) electrons. The number of esters is 3. The molecule has 5 rings (SSSR count). The van der Waals surface area contributed by atoms with Crippen LogP contribution in [0.15, 0.2) is 54.1 Å².